The van der Waals surface area contributed by atoms with Crippen molar-refractivity contribution in [2.75, 3.05) is 6.26 Å². The van der Waals surface area contributed by atoms with Crippen molar-refractivity contribution >= 4 is 72.2 Å². The molecule has 4 rings (SSSR count). The Morgan fingerprint density at radius 1 is 1.23 bits per heavy atom. The maximum Gasteiger partial charge on any atom is 0.283 e. The van der Waals surface area contributed by atoms with E-state index in [1.807, 2.05) is 30.5 Å². The van der Waals surface area contributed by atoms with Crippen LogP contribution in [0, 0.1) is 19.3 Å². The number of aliphatic imine (C=N–C) groups is 1. The van der Waals surface area contributed by atoms with E-state index in [9.17, 15) is 13.2 Å². The zero-order valence-electron chi connectivity index (χ0n) is 16.5. The minimum absolute atomic E-state index is 0.000270. The lowest BCUT2D eigenvalue weighted by atomic mass is 10.1. The molecule has 2 aromatic rings. The van der Waals surface area contributed by atoms with Crippen molar-refractivity contribution in [3.63, 3.8) is 0 Å². The van der Waals surface area contributed by atoms with Gasteiger partial charge in [-0.25, -0.2) is 8.42 Å². The lowest BCUT2D eigenvalue weighted by Crippen LogP contribution is -2.35. The van der Waals surface area contributed by atoms with Crippen LogP contribution in [0.4, 0.5) is 0 Å². The molecule has 8 nitrogen and oxygen atoms in total. The molecule has 0 aliphatic carbocycles. The van der Waals surface area contributed by atoms with Gasteiger partial charge in [0.05, 0.1) is 21.3 Å². The molecular formula is C19H15Cl2N5O3S2. The number of aromatic nitrogens is 1. The Morgan fingerprint density at radius 2 is 1.94 bits per heavy atom. The van der Waals surface area contributed by atoms with Crippen LogP contribution >= 0.6 is 35.0 Å². The number of fused-ring (bicyclic) bond motifs is 1. The van der Waals surface area contributed by atoms with E-state index >= 15 is 0 Å². The number of rotatable bonds is 2. The number of amidine groups is 2. The standard InChI is InChI=1S/C19H15Cl2N5O3S2/c1-9-7-11(10(2)25(9)14-6-4-5-13(20)15(14)21)8-12-16(22)26-18(23-17(12)27)30-19(24-26)31(3,28)29/h4-8,22H,1-3H3/b12-8-,22-16?. The molecule has 0 saturated heterocycles. The highest BCUT2D eigenvalue weighted by Gasteiger charge is 2.38. The van der Waals surface area contributed by atoms with Crippen molar-refractivity contribution in [3.05, 3.63) is 56.8 Å². The average molecular weight is 496 g/mol. The molecule has 12 heteroatoms. The maximum atomic E-state index is 12.6. The second-order valence-corrected chi connectivity index (χ2v) is 10.8. The molecule has 2 aliphatic rings. The number of hydrazone groups is 1. The summed E-state index contributed by atoms with van der Waals surface area (Å²) in [5, 5.41) is 14.3. The van der Waals surface area contributed by atoms with Gasteiger partial charge in [-0.15, -0.1) is 5.10 Å². The Balaban J connectivity index is 1.79. The number of hydrogen-bond acceptors (Lipinski definition) is 6. The van der Waals surface area contributed by atoms with Gasteiger partial charge in [0, 0.05) is 17.6 Å². The third kappa shape index (κ3) is 3.73. The van der Waals surface area contributed by atoms with Crippen molar-refractivity contribution in [1.82, 2.24) is 9.58 Å². The van der Waals surface area contributed by atoms with Crippen molar-refractivity contribution in [2.24, 2.45) is 10.1 Å². The van der Waals surface area contributed by atoms with Crippen molar-refractivity contribution in [2.45, 2.75) is 13.8 Å². The summed E-state index contributed by atoms with van der Waals surface area (Å²) in [6, 6.07) is 7.17. The van der Waals surface area contributed by atoms with E-state index in [0.717, 1.165) is 34.4 Å². The molecule has 0 radical (unpaired) electrons. The number of aryl methyl sites for hydroxylation is 1. The van der Waals surface area contributed by atoms with E-state index in [-0.39, 0.29) is 21.0 Å². The Bertz CT molecular complexity index is 1370. The first-order chi connectivity index (χ1) is 14.5. The number of carbonyl (C=O) groups is 1. The summed E-state index contributed by atoms with van der Waals surface area (Å²) in [4.78, 5) is 16.5. The summed E-state index contributed by atoms with van der Waals surface area (Å²) < 4.78 is 25.3. The molecule has 2 aliphatic heterocycles. The summed E-state index contributed by atoms with van der Waals surface area (Å²) in [5.74, 6) is -0.883. The Labute approximate surface area is 192 Å². The summed E-state index contributed by atoms with van der Waals surface area (Å²) in [5.41, 5.74) is 3.00. The average Bonchev–Trinajstić information content (AvgIpc) is 3.23. The Morgan fingerprint density at radius 3 is 2.61 bits per heavy atom. The van der Waals surface area contributed by atoms with Crippen LogP contribution in [0.5, 0.6) is 0 Å². The van der Waals surface area contributed by atoms with Gasteiger partial charge in [-0.1, -0.05) is 29.3 Å². The van der Waals surface area contributed by atoms with Crippen molar-refractivity contribution in [3.8, 4) is 5.69 Å². The lowest BCUT2D eigenvalue weighted by molar-refractivity contribution is -0.114. The summed E-state index contributed by atoms with van der Waals surface area (Å²) in [6.45, 7) is 3.74. The molecule has 0 atom stereocenters. The van der Waals surface area contributed by atoms with Gasteiger partial charge in [0.2, 0.25) is 19.4 Å². The fourth-order valence-corrected chi connectivity index (χ4v) is 5.31. The molecule has 0 unspecified atom stereocenters. The molecule has 0 saturated carbocycles. The van der Waals surface area contributed by atoms with Crippen LogP contribution in [-0.2, 0) is 14.6 Å². The van der Waals surface area contributed by atoms with Crippen LogP contribution in [0.25, 0.3) is 11.8 Å². The number of benzene rings is 1. The molecule has 0 spiro atoms. The van der Waals surface area contributed by atoms with Crippen LogP contribution in [0.1, 0.15) is 17.0 Å². The first-order valence-corrected chi connectivity index (χ1v) is 12.3. The molecule has 0 bridgehead atoms. The zero-order valence-corrected chi connectivity index (χ0v) is 19.6. The number of carbonyl (C=O) groups excluding carboxylic acids is 1. The van der Waals surface area contributed by atoms with E-state index in [4.69, 9.17) is 28.6 Å². The number of thioether (sulfide) groups is 1. The fraction of sp³-hybridized carbons (Fsp3) is 0.158. The minimum Gasteiger partial charge on any atom is -0.316 e. The molecule has 1 amide bonds. The van der Waals surface area contributed by atoms with E-state index in [0.29, 0.717) is 21.3 Å². The molecule has 1 N–H and O–H groups in total. The van der Waals surface area contributed by atoms with Crippen LogP contribution in [0.2, 0.25) is 10.0 Å². The molecule has 1 aromatic carbocycles. The maximum absolute atomic E-state index is 12.6. The molecule has 31 heavy (non-hydrogen) atoms. The third-order valence-corrected chi connectivity index (χ3v) is 8.08. The van der Waals surface area contributed by atoms with Gasteiger partial charge in [-0.3, -0.25) is 10.2 Å². The number of amides is 1. The molecular weight excluding hydrogens is 481 g/mol. The topological polar surface area (TPSA) is 108 Å². The van der Waals surface area contributed by atoms with Gasteiger partial charge < -0.3 is 4.57 Å². The SMILES string of the molecule is Cc1cc(/C=C2/C(=N)N3N=C(S(C)(=O)=O)SC3=NC2=O)c(C)n1-c1cccc(Cl)c1Cl. The summed E-state index contributed by atoms with van der Waals surface area (Å²) >= 11 is 13.3. The second-order valence-electron chi connectivity index (χ2n) is 6.89. The third-order valence-electron chi connectivity index (χ3n) is 4.70. The lowest BCUT2D eigenvalue weighted by Gasteiger charge is -2.20. The van der Waals surface area contributed by atoms with E-state index in [1.165, 1.54) is 0 Å². The number of nitrogens with one attached hydrogen (secondary N) is 1. The molecule has 160 valence electrons. The molecule has 3 heterocycles. The number of sulfone groups is 1. The number of hydrogen-bond donors (Lipinski definition) is 1. The summed E-state index contributed by atoms with van der Waals surface area (Å²) in [7, 11) is -3.59. The number of nitrogens with zero attached hydrogens (tertiary/aromatic N) is 4. The number of halogens is 2. The van der Waals surface area contributed by atoms with Gasteiger partial charge in [0.1, 0.15) is 0 Å². The van der Waals surface area contributed by atoms with E-state index < -0.39 is 15.7 Å². The first-order valence-electron chi connectivity index (χ1n) is 8.82. The fourth-order valence-electron chi connectivity index (χ4n) is 3.25. The van der Waals surface area contributed by atoms with Crippen LogP contribution in [-0.4, -0.2) is 45.5 Å². The summed E-state index contributed by atoms with van der Waals surface area (Å²) in [6.07, 6.45) is 2.55. The second kappa shape index (κ2) is 7.63. The van der Waals surface area contributed by atoms with Crippen LogP contribution in [0.3, 0.4) is 0 Å². The monoisotopic (exact) mass is 495 g/mol. The first kappa shape index (κ1) is 21.8. The van der Waals surface area contributed by atoms with Gasteiger partial charge in [-0.05, 0) is 55.4 Å². The largest absolute Gasteiger partial charge is 0.316 e. The highest BCUT2D eigenvalue weighted by molar-refractivity contribution is 8.42. The highest BCUT2D eigenvalue weighted by Crippen LogP contribution is 2.33. The molecule has 1 aromatic heterocycles. The van der Waals surface area contributed by atoms with Crippen molar-refractivity contribution in [1.29, 1.82) is 5.41 Å². The Kier molecular flexibility index (Phi) is 5.37. The predicted molar refractivity (Wildman–Crippen MR) is 125 cm³/mol. The van der Waals surface area contributed by atoms with Gasteiger partial charge in [-0.2, -0.15) is 10.0 Å². The van der Waals surface area contributed by atoms with Gasteiger partial charge in [0.15, 0.2) is 5.84 Å². The minimum atomic E-state index is -3.59. The van der Waals surface area contributed by atoms with E-state index in [1.54, 1.807) is 18.2 Å². The predicted octanol–water partition coefficient (Wildman–Crippen LogP) is 4.02. The highest BCUT2D eigenvalue weighted by atomic mass is 35.5. The van der Waals surface area contributed by atoms with E-state index in [2.05, 4.69) is 10.1 Å². The van der Waals surface area contributed by atoms with Gasteiger partial charge in [0.25, 0.3) is 5.91 Å². The zero-order chi connectivity index (χ0) is 22.7. The van der Waals surface area contributed by atoms with Crippen LogP contribution < -0.4 is 0 Å². The van der Waals surface area contributed by atoms with Gasteiger partial charge >= 0.3 is 0 Å². The Hall–Kier alpha value is -2.40. The van der Waals surface area contributed by atoms with Crippen molar-refractivity contribution < 1.29 is 13.2 Å². The smallest absolute Gasteiger partial charge is 0.283 e. The quantitative estimate of drug-likeness (QED) is 0.632. The molecule has 0 fully saturated rings. The van der Waals surface area contributed by atoms with Crippen LogP contribution in [0.15, 0.2) is 39.9 Å². The normalized spacial score (nSPS) is 17.8.